The van der Waals surface area contributed by atoms with E-state index in [0.717, 1.165) is 22.0 Å². The maximum absolute atomic E-state index is 13.2. The second-order valence-electron chi connectivity index (χ2n) is 7.42. The third-order valence-corrected chi connectivity index (χ3v) is 6.63. The van der Waals surface area contributed by atoms with Gasteiger partial charge in [-0.05, 0) is 31.2 Å². The van der Waals surface area contributed by atoms with Crippen molar-refractivity contribution in [2.24, 2.45) is 0 Å². The average molecular weight is 448 g/mol. The van der Waals surface area contributed by atoms with Crippen molar-refractivity contribution in [2.75, 3.05) is 55.9 Å². The van der Waals surface area contributed by atoms with Gasteiger partial charge in [-0.15, -0.1) is 0 Å². The van der Waals surface area contributed by atoms with Gasteiger partial charge in [0.15, 0.2) is 0 Å². The van der Waals surface area contributed by atoms with E-state index in [4.69, 9.17) is 9.47 Å². The van der Waals surface area contributed by atoms with E-state index in [0.29, 0.717) is 37.6 Å². The van der Waals surface area contributed by atoms with Crippen molar-refractivity contribution in [2.45, 2.75) is 13.0 Å². The van der Waals surface area contributed by atoms with Crippen molar-refractivity contribution < 1.29 is 22.7 Å². The third kappa shape index (κ3) is 5.04. The number of nitrogens with zero attached hydrogens (tertiary/aromatic N) is 3. The predicted molar refractivity (Wildman–Crippen MR) is 122 cm³/mol. The number of rotatable bonds is 7. The summed E-state index contributed by atoms with van der Waals surface area (Å²) in [7, 11) is -0.534. The van der Waals surface area contributed by atoms with Crippen LogP contribution in [0.25, 0.3) is 0 Å². The van der Waals surface area contributed by atoms with Crippen molar-refractivity contribution in [3.63, 3.8) is 0 Å². The van der Waals surface area contributed by atoms with Crippen molar-refractivity contribution in [1.29, 1.82) is 0 Å². The molecule has 168 valence electrons. The number of hydrogen-bond donors (Lipinski definition) is 0. The first kappa shape index (κ1) is 22.7. The van der Waals surface area contributed by atoms with Crippen LogP contribution >= 0.6 is 0 Å². The Hall–Kier alpha value is -2.94. The van der Waals surface area contributed by atoms with E-state index >= 15 is 0 Å². The Morgan fingerprint density at radius 1 is 1.00 bits per heavy atom. The molecule has 0 bridgehead atoms. The fourth-order valence-electron chi connectivity index (χ4n) is 3.87. The lowest BCUT2D eigenvalue weighted by molar-refractivity contribution is -0.132. The monoisotopic (exact) mass is 447 g/mol. The van der Waals surface area contributed by atoms with E-state index in [1.54, 1.807) is 43.2 Å². The summed E-state index contributed by atoms with van der Waals surface area (Å²) < 4.78 is 36.9. The Bertz CT molecular complexity index is 1020. The molecule has 1 fully saturated rings. The van der Waals surface area contributed by atoms with Gasteiger partial charge in [0.05, 0.1) is 31.9 Å². The SMILES string of the molecule is COc1cccc(N([C@@H](C)C(=O)N2CCN(c3ccccc3OC)CC2)S(C)(=O)=O)c1. The molecular formula is C22H29N3O5S. The van der Waals surface area contributed by atoms with Crippen LogP contribution in [0.3, 0.4) is 0 Å². The highest BCUT2D eigenvalue weighted by Crippen LogP contribution is 2.29. The van der Waals surface area contributed by atoms with Crippen LogP contribution in [-0.4, -0.2) is 71.9 Å². The first-order valence-electron chi connectivity index (χ1n) is 10.1. The summed E-state index contributed by atoms with van der Waals surface area (Å²) in [6.07, 6.45) is 1.11. The van der Waals surface area contributed by atoms with E-state index in [1.165, 1.54) is 7.11 Å². The number of benzene rings is 2. The largest absolute Gasteiger partial charge is 0.497 e. The molecule has 9 heteroatoms. The quantitative estimate of drug-likeness (QED) is 0.648. The average Bonchev–Trinajstić information content (AvgIpc) is 2.78. The highest BCUT2D eigenvalue weighted by molar-refractivity contribution is 7.92. The Kier molecular flexibility index (Phi) is 6.94. The van der Waals surface area contributed by atoms with Crippen LogP contribution in [0.1, 0.15) is 6.92 Å². The number of ether oxygens (including phenoxy) is 2. The van der Waals surface area contributed by atoms with Crippen LogP contribution < -0.4 is 18.7 Å². The predicted octanol–water partition coefficient (Wildman–Crippen LogP) is 2.21. The lowest BCUT2D eigenvalue weighted by atomic mass is 10.2. The van der Waals surface area contributed by atoms with Gasteiger partial charge in [-0.25, -0.2) is 8.42 Å². The molecule has 1 atom stereocenters. The van der Waals surface area contributed by atoms with Crippen LogP contribution in [0.15, 0.2) is 48.5 Å². The van der Waals surface area contributed by atoms with Gasteiger partial charge in [-0.3, -0.25) is 9.10 Å². The molecule has 1 aliphatic rings. The topological polar surface area (TPSA) is 79.4 Å². The molecule has 0 saturated carbocycles. The van der Waals surface area contributed by atoms with E-state index in [2.05, 4.69) is 4.90 Å². The van der Waals surface area contributed by atoms with Gasteiger partial charge in [0, 0.05) is 32.2 Å². The maximum atomic E-state index is 13.2. The van der Waals surface area contributed by atoms with Crippen molar-refractivity contribution in [3.8, 4) is 11.5 Å². The molecule has 0 N–H and O–H groups in total. The van der Waals surface area contributed by atoms with E-state index in [9.17, 15) is 13.2 Å². The van der Waals surface area contributed by atoms with Gasteiger partial charge in [-0.2, -0.15) is 0 Å². The number of amides is 1. The molecular weight excluding hydrogens is 418 g/mol. The summed E-state index contributed by atoms with van der Waals surface area (Å²) in [6, 6.07) is 13.6. The molecule has 0 aromatic heterocycles. The minimum Gasteiger partial charge on any atom is -0.497 e. The molecule has 31 heavy (non-hydrogen) atoms. The highest BCUT2D eigenvalue weighted by Gasteiger charge is 2.33. The van der Waals surface area contributed by atoms with Crippen LogP contribution in [0.2, 0.25) is 0 Å². The highest BCUT2D eigenvalue weighted by atomic mass is 32.2. The summed E-state index contributed by atoms with van der Waals surface area (Å²) in [5.74, 6) is 1.08. The van der Waals surface area contributed by atoms with E-state index < -0.39 is 16.1 Å². The number of piperazine rings is 1. The lowest BCUT2D eigenvalue weighted by Gasteiger charge is -2.39. The van der Waals surface area contributed by atoms with Gasteiger partial charge >= 0.3 is 0 Å². The molecule has 3 rings (SSSR count). The third-order valence-electron chi connectivity index (χ3n) is 5.39. The van der Waals surface area contributed by atoms with Crippen LogP contribution in [-0.2, 0) is 14.8 Å². The van der Waals surface area contributed by atoms with Crippen LogP contribution in [0.4, 0.5) is 11.4 Å². The number of para-hydroxylation sites is 2. The molecule has 0 radical (unpaired) electrons. The normalized spacial score (nSPS) is 15.4. The van der Waals surface area contributed by atoms with Crippen LogP contribution in [0, 0.1) is 0 Å². The van der Waals surface area contributed by atoms with Gasteiger partial charge in [0.25, 0.3) is 0 Å². The number of sulfonamides is 1. The fraction of sp³-hybridized carbons (Fsp3) is 0.409. The molecule has 8 nitrogen and oxygen atoms in total. The number of anilines is 2. The standard InChI is InChI=1S/C22H29N3O5S/c1-17(25(31(4,27)28)18-8-7-9-19(16-18)29-2)22(26)24-14-12-23(13-15-24)20-10-5-6-11-21(20)30-3/h5-11,16-17H,12-15H2,1-4H3/t17-/m0/s1. The molecule has 1 saturated heterocycles. The van der Waals surface area contributed by atoms with E-state index in [1.807, 2.05) is 24.3 Å². The van der Waals surface area contributed by atoms with Crippen molar-refractivity contribution >= 4 is 27.3 Å². The minimum atomic E-state index is -3.69. The lowest BCUT2D eigenvalue weighted by Crippen LogP contribution is -2.55. The Labute approximate surface area is 184 Å². The molecule has 0 aliphatic carbocycles. The molecule has 1 amide bonds. The summed E-state index contributed by atoms with van der Waals surface area (Å²) in [4.78, 5) is 17.1. The van der Waals surface area contributed by atoms with Gasteiger partial charge in [0.1, 0.15) is 17.5 Å². The first-order chi connectivity index (χ1) is 14.8. The number of carbonyl (C=O) groups is 1. The zero-order chi connectivity index (χ0) is 22.6. The summed E-state index contributed by atoms with van der Waals surface area (Å²) >= 11 is 0. The maximum Gasteiger partial charge on any atom is 0.246 e. The fourth-order valence-corrected chi connectivity index (χ4v) is 5.03. The van der Waals surface area contributed by atoms with Gasteiger partial charge in [0.2, 0.25) is 15.9 Å². The van der Waals surface area contributed by atoms with Crippen molar-refractivity contribution in [3.05, 3.63) is 48.5 Å². The molecule has 2 aromatic rings. The Morgan fingerprint density at radius 3 is 2.29 bits per heavy atom. The Balaban J connectivity index is 1.75. The molecule has 1 aliphatic heterocycles. The summed E-state index contributed by atoms with van der Waals surface area (Å²) in [6.45, 7) is 3.89. The number of methoxy groups -OCH3 is 2. The summed E-state index contributed by atoms with van der Waals surface area (Å²) in [5, 5.41) is 0. The first-order valence-corrected chi connectivity index (χ1v) is 11.9. The van der Waals surface area contributed by atoms with Crippen LogP contribution in [0.5, 0.6) is 11.5 Å². The second kappa shape index (κ2) is 9.47. The zero-order valence-corrected chi connectivity index (χ0v) is 19.1. The number of carbonyl (C=O) groups excluding carboxylic acids is 1. The molecule has 0 unspecified atom stereocenters. The molecule has 1 heterocycles. The van der Waals surface area contributed by atoms with Gasteiger partial charge in [-0.1, -0.05) is 18.2 Å². The Morgan fingerprint density at radius 2 is 1.68 bits per heavy atom. The number of hydrogen-bond acceptors (Lipinski definition) is 6. The smallest absolute Gasteiger partial charge is 0.246 e. The van der Waals surface area contributed by atoms with E-state index in [-0.39, 0.29) is 5.91 Å². The minimum absolute atomic E-state index is 0.229. The second-order valence-corrected chi connectivity index (χ2v) is 9.28. The van der Waals surface area contributed by atoms with Crippen molar-refractivity contribution in [1.82, 2.24) is 4.90 Å². The summed E-state index contributed by atoms with van der Waals surface area (Å²) in [5.41, 5.74) is 1.38. The molecule has 0 spiro atoms. The zero-order valence-electron chi connectivity index (χ0n) is 18.3. The molecule has 2 aromatic carbocycles. The van der Waals surface area contributed by atoms with Gasteiger partial charge < -0.3 is 19.3 Å².